The quantitative estimate of drug-likeness (QED) is 0.750. The first kappa shape index (κ1) is 15.7. The highest BCUT2D eigenvalue weighted by molar-refractivity contribution is 9.10. The van der Waals surface area contributed by atoms with Crippen molar-refractivity contribution in [3.63, 3.8) is 0 Å². The van der Waals surface area contributed by atoms with Crippen molar-refractivity contribution in [2.45, 2.75) is 25.1 Å². The molecule has 2 aromatic carbocycles. The van der Waals surface area contributed by atoms with E-state index in [1.54, 1.807) is 7.11 Å². The summed E-state index contributed by atoms with van der Waals surface area (Å²) in [6, 6.07) is 14.1. The summed E-state index contributed by atoms with van der Waals surface area (Å²) in [5, 5.41) is 4.10. The van der Waals surface area contributed by atoms with Crippen molar-refractivity contribution >= 4 is 38.9 Å². The van der Waals surface area contributed by atoms with Crippen LogP contribution in [0, 0.1) is 0 Å². The zero-order valence-electron chi connectivity index (χ0n) is 13.4. The van der Waals surface area contributed by atoms with Crippen molar-refractivity contribution in [1.82, 2.24) is 5.32 Å². The molecule has 1 N–H and O–H groups in total. The van der Waals surface area contributed by atoms with Crippen LogP contribution >= 0.6 is 28.1 Å². The maximum atomic E-state index is 6.40. The Morgan fingerprint density at radius 1 is 1.33 bits per heavy atom. The predicted octanol–water partition coefficient (Wildman–Crippen LogP) is 4.39. The molecule has 2 heterocycles. The van der Waals surface area contributed by atoms with Gasteiger partial charge < -0.3 is 14.8 Å². The molecule has 2 atom stereocenters. The summed E-state index contributed by atoms with van der Waals surface area (Å²) in [6.45, 7) is 2.07. The Kier molecular flexibility index (Phi) is 3.69. The molecule has 0 aliphatic carbocycles. The summed E-state index contributed by atoms with van der Waals surface area (Å²) < 4.78 is 13.0. The molecule has 2 aliphatic heterocycles. The van der Waals surface area contributed by atoms with Crippen molar-refractivity contribution in [1.29, 1.82) is 0 Å². The maximum absolute atomic E-state index is 6.40. The topological polar surface area (TPSA) is 33.7 Å². The number of hydrogen-bond acceptors (Lipinski definition) is 3. The van der Waals surface area contributed by atoms with E-state index in [2.05, 4.69) is 34.2 Å². The van der Waals surface area contributed by atoms with E-state index in [1.165, 1.54) is 0 Å². The molecule has 0 amide bonds. The van der Waals surface area contributed by atoms with Crippen LogP contribution in [-0.2, 0) is 0 Å². The Morgan fingerprint density at radius 3 is 2.92 bits per heavy atom. The van der Waals surface area contributed by atoms with Gasteiger partial charge in [0.25, 0.3) is 0 Å². The van der Waals surface area contributed by atoms with E-state index in [0.717, 1.165) is 33.6 Å². The second-order valence-electron chi connectivity index (χ2n) is 6.17. The maximum Gasteiger partial charge on any atom is 0.188 e. The van der Waals surface area contributed by atoms with Gasteiger partial charge in [0.15, 0.2) is 10.8 Å². The number of anilines is 1. The summed E-state index contributed by atoms with van der Waals surface area (Å²) in [5.74, 6) is 1.65. The molecule has 4 rings (SSSR count). The standard InChI is InChI=1S/C18H17BrN2O2S/c1-18-10-13(12-9-11(19)7-8-15(12)23-18)20-17(24)21(18)14-5-3-4-6-16(14)22-2/h3-9,13H,10H2,1-2H3,(H,20,24)/t13-,18-/m1/s1. The average Bonchev–Trinajstić information content (AvgIpc) is 2.55. The zero-order valence-corrected chi connectivity index (χ0v) is 15.8. The molecule has 1 saturated heterocycles. The number of fused-ring (bicyclic) bond motifs is 4. The van der Waals surface area contributed by atoms with Crippen molar-refractivity contribution < 1.29 is 9.47 Å². The molecule has 1 fully saturated rings. The number of nitrogens with zero attached hydrogens (tertiary/aromatic N) is 1. The Morgan fingerprint density at radius 2 is 2.12 bits per heavy atom. The van der Waals surface area contributed by atoms with Gasteiger partial charge in [-0.2, -0.15) is 0 Å². The summed E-state index contributed by atoms with van der Waals surface area (Å²) in [5.41, 5.74) is 1.46. The minimum Gasteiger partial charge on any atom is -0.495 e. The van der Waals surface area contributed by atoms with Crippen LogP contribution in [0.1, 0.15) is 24.9 Å². The van der Waals surface area contributed by atoms with Gasteiger partial charge in [0.05, 0.1) is 18.8 Å². The third-order valence-electron chi connectivity index (χ3n) is 4.56. The van der Waals surface area contributed by atoms with Crippen LogP contribution in [0.2, 0.25) is 0 Å². The normalized spacial score (nSPS) is 24.7. The minimum atomic E-state index is -0.567. The molecule has 2 aliphatic rings. The third-order valence-corrected chi connectivity index (χ3v) is 5.35. The Balaban J connectivity index is 1.82. The summed E-state index contributed by atoms with van der Waals surface area (Å²) in [4.78, 5) is 2.02. The molecule has 0 unspecified atom stereocenters. The van der Waals surface area contributed by atoms with Crippen LogP contribution in [0.3, 0.4) is 0 Å². The van der Waals surface area contributed by atoms with Crippen molar-refractivity contribution in [2.75, 3.05) is 12.0 Å². The van der Waals surface area contributed by atoms with Gasteiger partial charge in [0, 0.05) is 16.5 Å². The summed E-state index contributed by atoms with van der Waals surface area (Å²) in [7, 11) is 1.67. The predicted molar refractivity (Wildman–Crippen MR) is 102 cm³/mol. The first-order valence-corrected chi connectivity index (χ1v) is 8.94. The van der Waals surface area contributed by atoms with Crippen molar-refractivity contribution in [3.8, 4) is 11.5 Å². The van der Waals surface area contributed by atoms with Crippen LogP contribution < -0.4 is 19.7 Å². The van der Waals surface area contributed by atoms with Crippen LogP contribution in [0.5, 0.6) is 11.5 Å². The zero-order chi connectivity index (χ0) is 16.9. The first-order valence-electron chi connectivity index (χ1n) is 7.74. The lowest BCUT2D eigenvalue weighted by atomic mass is 9.90. The highest BCUT2D eigenvalue weighted by atomic mass is 79.9. The van der Waals surface area contributed by atoms with Gasteiger partial charge in [0.2, 0.25) is 0 Å². The Hall–Kier alpha value is -1.79. The third kappa shape index (κ3) is 2.36. The second kappa shape index (κ2) is 5.63. The van der Waals surface area contributed by atoms with Crippen LogP contribution in [0.25, 0.3) is 0 Å². The average molecular weight is 405 g/mol. The van der Waals surface area contributed by atoms with Gasteiger partial charge in [-0.25, -0.2) is 0 Å². The number of hydrogen-bond donors (Lipinski definition) is 1. The monoisotopic (exact) mass is 404 g/mol. The van der Waals surface area contributed by atoms with Crippen LogP contribution in [0.4, 0.5) is 5.69 Å². The summed E-state index contributed by atoms with van der Waals surface area (Å²) in [6.07, 6.45) is 0.786. The fraction of sp³-hybridized carbons (Fsp3) is 0.278. The van der Waals surface area contributed by atoms with Gasteiger partial charge in [-0.15, -0.1) is 0 Å². The molecular weight excluding hydrogens is 388 g/mol. The van der Waals surface area contributed by atoms with E-state index in [0.29, 0.717) is 5.11 Å². The molecule has 4 nitrogen and oxygen atoms in total. The smallest absolute Gasteiger partial charge is 0.188 e. The highest BCUT2D eigenvalue weighted by Gasteiger charge is 2.48. The number of ether oxygens (including phenoxy) is 2. The number of nitrogens with one attached hydrogen (secondary N) is 1. The van der Waals surface area contributed by atoms with E-state index in [9.17, 15) is 0 Å². The number of thiocarbonyl (C=S) groups is 1. The number of methoxy groups -OCH3 is 1. The second-order valence-corrected chi connectivity index (χ2v) is 7.48. The molecule has 0 spiro atoms. The van der Waals surface area contributed by atoms with Gasteiger partial charge in [-0.05, 0) is 49.5 Å². The Bertz CT molecular complexity index is 828. The number of rotatable bonds is 2. The molecule has 2 aromatic rings. The molecular formula is C18H17BrN2O2S. The van der Waals surface area contributed by atoms with Gasteiger partial charge in [-0.1, -0.05) is 28.1 Å². The Labute approximate surface area is 154 Å². The molecule has 24 heavy (non-hydrogen) atoms. The number of halogens is 1. The molecule has 0 saturated carbocycles. The van der Waals surface area contributed by atoms with E-state index in [-0.39, 0.29) is 6.04 Å². The number of para-hydroxylation sites is 2. The van der Waals surface area contributed by atoms with Crippen LogP contribution in [0.15, 0.2) is 46.9 Å². The number of benzene rings is 2. The fourth-order valence-corrected chi connectivity index (χ4v) is 4.34. The van der Waals surface area contributed by atoms with Crippen LogP contribution in [-0.4, -0.2) is 17.9 Å². The molecule has 124 valence electrons. The van der Waals surface area contributed by atoms with E-state index in [1.807, 2.05) is 41.3 Å². The highest BCUT2D eigenvalue weighted by Crippen LogP contribution is 2.47. The SMILES string of the molecule is COc1ccccc1N1C(=S)N[C@@H]2C[C@@]1(C)Oc1ccc(Br)cc12. The molecule has 6 heteroatoms. The largest absolute Gasteiger partial charge is 0.495 e. The van der Waals surface area contributed by atoms with E-state index in [4.69, 9.17) is 21.7 Å². The van der Waals surface area contributed by atoms with Gasteiger partial charge in [0.1, 0.15) is 11.5 Å². The van der Waals surface area contributed by atoms with Gasteiger partial charge in [-0.3, -0.25) is 4.90 Å². The molecule has 0 radical (unpaired) electrons. The lowest BCUT2D eigenvalue weighted by Gasteiger charge is -2.52. The molecule has 2 bridgehead atoms. The van der Waals surface area contributed by atoms with Crippen molar-refractivity contribution in [3.05, 3.63) is 52.5 Å². The minimum absolute atomic E-state index is 0.134. The van der Waals surface area contributed by atoms with E-state index < -0.39 is 5.72 Å². The fourth-order valence-electron chi connectivity index (χ4n) is 3.52. The van der Waals surface area contributed by atoms with E-state index >= 15 is 0 Å². The molecule has 0 aromatic heterocycles. The lowest BCUT2D eigenvalue weighted by molar-refractivity contribution is 0.0493. The lowest BCUT2D eigenvalue weighted by Crippen LogP contribution is -2.65. The summed E-state index contributed by atoms with van der Waals surface area (Å²) >= 11 is 9.21. The van der Waals surface area contributed by atoms with Gasteiger partial charge >= 0.3 is 0 Å². The van der Waals surface area contributed by atoms with Crippen molar-refractivity contribution in [2.24, 2.45) is 0 Å². The first-order chi connectivity index (χ1) is 11.5.